The lowest BCUT2D eigenvalue weighted by molar-refractivity contribution is 0.0953. The first-order valence-electron chi connectivity index (χ1n) is 9.38. The lowest BCUT2D eigenvalue weighted by Gasteiger charge is -2.20. The first-order valence-corrected chi connectivity index (χ1v) is 11.2. The molecule has 0 bridgehead atoms. The number of hydrogen-bond acceptors (Lipinski definition) is 4. The molecule has 0 fully saturated rings. The smallest absolute Gasteiger partial charge is 0.264 e. The van der Waals surface area contributed by atoms with Gasteiger partial charge in [-0.25, -0.2) is 13.4 Å². The number of halogens is 1. The summed E-state index contributed by atoms with van der Waals surface area (Å²) in [7, 11) is -2.31. The summed E-state index contributed by atoms with van der Waals surface area (Å²) < 4.78 is 28.9. The largest absolute Gasteiger partial charge is 0.352 e. The second kappa shape index (κ2) is 9.32. The van der Waals surface area contributed by atoms with E-state index in [1.807, 2.05) is 17.7 Å². The van der Waals surface area contributed by atoms with E-state index in [-0.39, 0.29) is 21.4 Å². The van der Waals surface area contributed by atoms with E-state index in [1.165, 1.54) is 19.2 Å². The third kappa shape index (κ3) is 5.01. The van der Waals surface area contributed by atoms with Gasteiger partial charge in [0, 0.05) is 32.5 Å². The summed E-state index contributed by atoms with van der Waals surface area (Å²) in [5.41, 5.74) is 1.54. The highest BCUT2D eigenvalue weighted by molar-refractivity contribution is 7.92. The molecular weight excluding hydrogens is 424 g/mol. The van der Waals surface area contributed by atoms with Crippen molar-refractivity contribution >= 4 is 33.2 Å². The lowest BCUT2D eigenvalue weighted by atomic mass is 10.2. The van der Waals surface area contributed by atoms with Gasteiger partial charge in [0.1, 0.15) is 0 Å². The van der Waals surface area contributed by atoms with Gasteiger partial charge in [0.25, 0.3) is 15.9 Å². The van der Waals surface area contributed by atoms with Crippen LogP contribution in [0, 0.1) is 6.92 Å². The van der Waals surface area contributed by atoms with Crippen LogP contribution < -0.4 is 9.62 Å². The number of carbonyl (C=O) groups is 1. The van der Waals surface area contributed by atoms with Crippen LogP contribution >= 0.6 is 11.6 Å². The maximum Gasteiger partial charge on any atom is 0.264 e. The predicted octanol–water partition coefficient (Wildman–Crippen LogP) is 3.49. The molecule has 0 saturated carbocycles. The fourth-order valence-electron chi connectivity index (χ4n) is 2.87. The molecule has 1 heterocycles. The minimum absolute atomic E-state index is 0.177. The van der Waals surface area contributed by atoms with Crippen molar-refractivity contribution in [2.45, 2.75) is 24.8 Å². The van der Waals surface area contributed by atoms with Gasteiger partial charge in [-0.15, -0.1) is 0 Å². The van der Waals surface area contributed by atoms with Crippen LogP contribution in [0.3, 0.4) is 0 Å². The van der Waals surface area contributed by atoms with Crippen LogP contribution in [-0.2, 0) is 16.6 Å². The highest BCUT2D eigenvalue weighted by Gasteiger charge is 2.22. The number of sulfonamides is 1. The van der Waals surface area contributed by atoms with Gasteiger partial charge in [-0.05, 0) is 43.7 Å². The summed E-state index contributed by atoms with van der Waals surface area (Å²) in [6.45, 7) is 3.07. The van der Waals surface area contributed by atoms with Crippen LogP contribution in [0.4, 0.5) is 5.69 Å². The van der Waals surface area contributed by atoms with Gasteiger partial charge in [0.05, 0.1) is 27.5 Å². The second-order valence-electron chi connectivity index (χ2n) is 6.86. The van der Waals surface area contributed by atoms with E-state index in [4.69, 9.17) is 11.6 Å². The molecule has 30 heavy (non-hydrogen) atoms. The molecule has 0 radical (unpaired) electrons. The molecule has 158 valence electrons. The molecule has 3 aromatic rings. The Labute approximate surface area is 181 Å². The molecule has 1 aromatic heterocycles. The third-order valence-corrected chi connectivity index (χ3v) is 6.80. The molecule has 0 unspecified atom stereocenters. The Balaban J connectivity index is 1.71. The van der Waals surface area contributed by atoms with Gasteiger partial charge in [-0.2, -0.15) is 0 Å². The minimum atomic E-state index is -3.76. The van der Waals surface area contributed by atoms with Gasteiger partial charge in [-0.3, -0.25) is 9.10 Å². The van der Waals surface area contributed by atoms with Crippen molar-refractivity contribution in [3.63, 3.8) is 0 Å². The Hall–Kier alpha value is -2.84. The number of amides is 1. The van der Waals surface area contributed by atoms with Gasteiger partial charge < -0.3 is 9.88 Å². The topological polar surface area (TPSA) is 84.3 Å². The van der Waals surface area contributed by atoms with Crippen molar-refractivity contribution < 1.29 is 13.2 Å². The van der Waals surface area contributed by atoms with Crippen molar-refractivity contribution in [3.8, 4) is 0 Å². The summed E-state index contributed by atoms with van der Waals surface area (Å²) in [6, 6.07) is 11.2. The zero-order valence-corrected chi connectivity index (χ0v) is 18.3. The summed E-state index contributed by atoms with van der Waals surface area (Å²) in [5.74, 6) is -0.353. The number of aromatic nitrogens is 2. The third-order valence-electron chi connectivity index (χ3n) is 4.68. The highest BCUT2D eigenvalue weighted by atomic mass is 35.5. The van der Waals surface area contributed by atoms with Crippen LogP contribution in [0.5, 0.6) is 0 Å². The number of nitrogens with one attached hydrogen (secondary N) is 1. The van der Waals surface area contributed by atoms with Crippen molar-refractivity contribution in [1.29, 1.82) is 0 Å². The molecule has 3 rings (SSSR count). The minimum Gasteiger partial charge on any atom is -0.352 e. The van der Waals surface area contributed by atoms with Crippen molar-refractivity contribution in [1.82, 2.24) is 14.9 Å². The number of benzene rings is 2. The van der Waals surface area contributed by atoms with E-state index in [0.29, 0.717) is 12.2 Å². The van der Waals surface area contributed by atoms with E-state index >= 15 is 0 Å². The Bertz CT molecular complexity index is 1110. The second-order valence-corrected chi connectivity index (χ2v) is 9.24. The lowest BCUT2D eigenvalue weighted by Crippen LogP contribution is -2.28. The van der Waals surface area contributed by atoms with Gasteiger partial charge >= 0.3 is 0 Å². The van der Waals surface area contributed by atoms with Crippen LogP contribution in [-0.4, -0.2) is 37.5 Å². The van der Waals surface area contributed by atoms with Crippen LogP contribution in [0.15, 0.2) is 66.1 Å². The molecule has 9 heteroatoms. The summed E-state index contributed by atoms with van der Waals surface area (Å²) in [4.78, 5) is 16.7. The van der Waals surface area contributed by atoms with Crippen molar-refractivity contribution in [2.24, 2.45) is 0 Å². The summed E-state index contributed by atoms with van der Waals surface area (Å²) >= 11 is 6.20. The van der Waals surface area contributed by atoms with E-state index in [9.17, 15) is 13.2 Å². The number of anilines is 1. The molecule has 1 N–H and O–H groups in total. The number of aryl methyl sites for hydroxylation is 2. The molecule has 0 aliphatic carbocycles. The first-order chi connectivity index (χ1) is 14.3. The molecule has 7 nitrogen and oxygen atoms in total. The molecular formula is C21H23ClN4O3S. The zero-order chi connectivity index (χ0) is 21.7. The van der Waals surface area contributed by atoms with E-state index in [2.05, 4.69) is 10.3 Å². The average molecular weight is 447 g/mol. The molecule has 0 spiro atoms. The predicted molar refractivity (Wildman–Crippen MR) is 117 cm³/mol. The molecule has 0 aliphatic rings. The van der Waals surface area contributed by atoms with Crippen LogP contribution in [0.25, 0.3) is 0 Å². The van der Waals surface area contributed by atoms with Gasteiger partial charge in [0.2, 0.25) is 0 Å². The van der Waals surface area contributed by atoms with Crippen LogP contribution in [0.1, 0.15) is 22.3 Å². The first kappa shape index (κ1) is 21.9. The molecule has 1 amide bonds. The quantitative estimate of drug-likeness (QED) is 0.537. The molecule has 0 saturated heterocycles. The van der Waals surface area contributed by atoms with E-state index in [1.54, 1.807) is 42.9 Å². The standard InChI is InChI=1S/C21H23ClN4O3S/c1-16-4-7-18(8-5-16)30(28,29)25(2)17-6-9-20(22)19(14-17)21(27)24-10-3-12-26-13-11-23-15-26/h4-9,11,13-15H,3,10,12H2,1-2H3,(H,24,27). The molecule has 0 atom stereocenters. The zero-order valence-electron chi connectivity index (χ0n) is 16.7. The number of hydrogen-bond donors (Lipinski definition) is 1. The summed E-state index contributed by atoms with van der Waals surface area (Å²) in [6.07, 6.45) is 5.99. The Kier molecular flexibility index (Phi) is 6.79. The SMILES string of the molecule is Cc1ccc(S(=O)(=O)N(C)c2ccc(Cl)c(C(=O)NCCCn3ccnc3)c2)cc1. The van der Waals surface area contributed by atoms with Crippen molar-refractivity contribution in [2.75, 3.05) is 17.9 Å². The Morgan fingerprint density at radius 1 is 1.20 bits per heavy atom. The fourth-order valence-corrected chi connectivity index (χ4v) is 4.26. The maximum absolute atomic E-state index is 12.9. The van der Waals surface area contributed by atoms with E-state index < -0.39 is 10.0 Å². The normalized spacial score (nSPS) is 11.3. The van der Waals surface area contributed by atoms with Gasteiger partial charge in [-0.1, -0.05) is 29.3 Å². The molecule has 2 aromatic carbocycles. The number of rotatable bonds is 8. The van der Waals surface area contributed by atoms with Crippen molar-refractivity contribution in [3.05, 3.63) is 77.3 Å². The fraction of sp³-hybridized carbons (Fsp3) is 0.238. The highest BCUT2D eigenvalue weighted by Crippen LogP contribution is 2.27. The average Bonchev–Trinajstić information content (AvgIpc) is 3.25. The monoisotopic (exact) mass is 446 g/mol. The number of imidazole rings is 1. The van der Waals surface area contributed by atoms with Gasteiger partial charge in [0.15, 0.2) is 0 Å². The van der Waals surface area contributed by atoms with Crippen LogP contribution in [0.2, 0.25) is 5.02 Å². The Morgan fingerprint density at radius 3 is 2.60 bits per heavy atom. The summed E-state index contributed by atoms with van der Waals surface area (Å²) in [5, 5.41) is 3.08. The Morgan fingerprint density at radius 2 is 1.93 bits per heavy atom. The number of nitrogens with zero attached hydrogens (tertiary/aromatic N) is 3. The maximum atomic E-state index is 12.9. The molecule has 0 aliphatic heterocycles. The van der Waals surface area contributed by atoms with E-state index in [0.717, 1.165) is 22.8 Å². The number of carbonyl (C=O) groups excluding carboxylic acids is 1.